The van der Waals surface area contributed by atoms with Gasteiger partial charge in [-0.2, -0.15) is 0 Å². The summed E-state index contributed by atoms with van der Waals surface area (Å²) in [6, 6.07) is 0.734. The minimum Gasteiger partial charge on any atom is -0.460 e. The monoisotopic (exact) mass is 213 g/mol. The van der Waals surface area contributed by atoms with Crippen molar-refractivity contribution in [3.8, 4) is 0 Å². The molecule has 1 saturated carbocycles. The highest BCUT2D eigenvalue weighted by Gasteiger charge is 2.28. The largest absolute Gasteiger partial charge is 0.460 e. The average Bonchev–Trinajstić information content (AvgIpc) is 2.85. The van der Waals surface area contributed by atoms with Crippen molar-refractivity contribution in [2.24, 2.45) is 0 Å². The van der Waals surface area contributed by atoms with E-state index in [0.29, 0.717) is 6.42 Å². The molecule has 0 aromatic rings. The van der Waals surface area contributed by atoms with Crippen LogP contribution in [-0.2, 0) is 9.53 Å². The van der Waals surface area contributed by atoms with Crippen LogP contribution in [0.4, 0.5) is 0 Å². The van der Waals surface area contributed by atoms with Gasteiger partial charge in [0.25, 0.3) is 0 Å². The maximum Gasteiger partial charge on any atom is 0.307 e. The number of nitrogens with zero attached hydrogens (tertiary/aromatic N) is 1. The first kappa shape index (κ1) is 12.5. The van der Waals surface area contributed by atoms with Crippen LogP contribution >= 0.6 is 0 Å². The van der Waals surface area contributed by atoms with Gasteiger partial charge in [0.15, 0.2) is 0 Å². The van der Waals surface area contributed by atoms with Crippen molar-refractivity contribution < 1.29 is 9.53 Å². The topological polar surface area (TPSA) is 29.5 Å². The molecule has 15 heavy (non-hydrogen) atoms. The lowest BCUT2D eigenvalue weighted by Crippen LogP contribution is -2.31. The van der Waals surface area contributed by atoms with Crippen LogP contribution in [0.3, 0.4) is 0 Å². The van der Waals surface area contributed by atoms with E-state index in [0.717, 1.165) is 19.1 Å². The van der Waals surface area contributed by atoms with Crippen LogP contribution in [0.2, 0.25) is 0 Å². The quantitative estimate of drug-likeness (QED) is 0.656. The first-order valence-corrected chi connectivity index (χ1v) is 5.88. The highest BCUT2D eigenvalue weighted by molar-refractivity contribution is 5.70. The molecule has 0 N–H and O–H groups in total. The van der Waals surface area contributed by atoms with Gasteiger partial charge in [0, 0.05) is 12.6 Å². The molecule has 1 aliphatic rings. The highest BCUT2D eigenvalue weighted by Crippen LogP contribution is 2.26. The molecule has 0 saturated heterocycles. The minimum absolute atomic E-state index is 0.0819. The van der Waals surface area contributed by atoms with E-state index in [9.17, 15) is 4.79 Å². The van der Waals surface area contributed by atoms with E-state index in [1.165, 1.54) is 12.8 Å². The van der Waals surface area contributed by atoms with Crippen molar-refractivity contribution in [1.29, 1.82) is 0 Å². The van der Waals surface area contributed by atoms with Crippen LogP contribution < -0.4 is 0 Å². The Kier molecular flexibility index (Phi) is 4.14. The van der Waals surface area contributed by atoms with Gasteiger partial charge >= 0.3 is 5.97 Å². The number of carbonyl (C=O) groups is 1. The van der Waals surface area contributed by atoms with Crippen molar-refractivity contribution in [1.82, 2.24) is 4.90 Å². The van der Waals surface area contributed by atoms with E-state index in [4.69, 9.17) is 4.74 Å². The molecule has 0 spiro atoms. The molecule has 88 valence electrons. The summed E-state index contributed by atoms with van der Waals surface area (Å²) in [5, 5.41) is 0. The Bertz CT molecular complexity index is 216. The fraction of sp³-hybridized carbons (Fsp3) is 0.917. The van der Waals surface area contributed by atoms with Gasteiger partial charge in [0.05, 0.1) is 6.42 Å². The fourth-order valence-corrected chi connectivity index (χ4v) is 1.67. The zero-order chi connectivity index (χ0) is 11.5. The van der Waals surface area contributed by atoms with Gasteiger partial charge in [-0.25, -0.2) is 0 Å². The molecule has 1 fully saturated rings. The van der Waals surface area contributed by atoms with Gasteiger partial charge in [-0.05, 0) is 40.2 Å². The molecule has 0 atom stereocenters. The Morgan fingerprint density at radius 2 is 2.00 bits per heavy atom. The molecular weight excluding hydrogens is 190 g/mol. The number of hydrogen-bond donors (Lipinski definition) is 0. The molecule has 3 heteroatoms. The van der Waals surface area contributed by atoms with Crippen molar-refractivity contribution in [2.45, 2.75) is 58.6 Å². The Morgan fingerprint density at radius 1 is 1.40 bits per heavy atom. The van der Waals surface area contributed by atoms with Crippen molar-refractivity contribution in [2.75, 3.05) is 13.1 Å². The van der Waals surface area contributed by atoms with Gasteiger partial charge in [-0.1, -0.05) is 6.92 Å². The summed E-state index contributed by atoms with van der Waals surface area (Å²) in [4.78, 5) is 13.8. The number of carbonyl (C=O) groups excluding carboxylic acids is 1. The van der Waals surface area contributed by atoms with Gasteiger partial charge in [0.2, 0.25) is 0 Å². The molecule has 0 radical (unpaired) electrons. The third-order valence-corrected chi connectivity index (χ3v) is 2.49. The SMILES string of the molecule is CCN(CCC(=O)OC(C)(C)C)C1CC1. The Morgan fingerprint density at radius 3 is 2.40 bits per heavy atom. The second-order valence-corrected chi connectivity index (χ2v) is 5.20. The summed E-state index contributed by atoms with van der Waals surface area (Å²) >= 11 is 0. The smallest absolute Gasteiger partial charge is 0.307 e. The van der Waals surface area contributed by atoms with E-state index in [2.05, 4.69) is 11.8 Å². The average molecular weight is 213 g/mol. The first-order valence-electron chi connectivity index (χ1n) is 5.88. The summed E-state index contributed by atoms with van der Waals surface area (Å²) in [6.07, 6.45) is 3.10. The van der Waals surface area contributed by atoms with Crippen LogP contribution in [0.5, 0.6) is 0 Å². The van der Waals surface area contributed by atoms with Crippen molar-refractivity contribution in [3.63, 3.8) is 0 Å². The molecule has 0 amide bonds. The molecule has 0 heterocycles. The highest BCUT2D eigenvalue weighted by atomic mass is 16.6. The Balaban J connectivity index is 2.20. The van der Waals surface area contributed by atoms with Gasteiger partial charge < -0.3 is 9.64 Å². The fourth-order valence-electron chi connectivity index (χ4n) is 1.67. The van der Waals surface area contributed by atoms with Crippen molar-refractivity contribution in [3.05, 3.63) is 0 Å². The minimum atomic E-state index is -0.353. The van der Waals surface area contributed by atoms with Crippen LogP contribution in [-0.4, -0.2) is 35.6 Å². The number of ether oxygens (including phenoxy) is 1. The third-order valence-electron chi connectivity index (χ3n) is 2.49. The first-order chi connectivity index (χ1) is 6.92. The molecular formula is C12H23NO2. The van der Waals surface area contributed by atoms with Gasteiger partial charge in [0.1, 0.15) is 5.60 Å². The Hall–Kier alpha value is -0.570. The zero-order valence-corrected chi connectivity index (χ0v) is 10.4. The van der Waals surface area contributed by atoms with Gasteiger partial charge in [-0.3, -0.25) is 4.79 Å². The number of rotatable bonds is 5. The van der Waals surface area contributed by atoms with Crippen LogP contribution in [0, 0.1) is 0 Å². The third kappa shape index (κ3) is 5.17. The molecule has 1 aliphatic carbocycles. The maximum atomic E-state index is 11.5. The van der Waals surface area contributed by atoms with E-state index >= 15 is 0 Å². The van der Waals surface area contributed by atoms with Crippen LogP contribution in [0.1, 0.15) is 47.0 Å². The lowest BCUT2D eigenvalue weighted by atomic mass is 10.2. The van der Waals surface area contributed by atoms with Crippen molar-refractivity contribution >= 4 is 5.97 Å². The number of hydrogen-bond acceptors (Lipinski definition) is 3. The zero-order valence-electron chi connectivity index (χ0n) is 10.4. The van der Waals surface area contributed by atoms with E-state index in [-0.39, 0.29) is 11.6 Å². The second-order valence-electron chi connectivity index (χ2n) is 5.20. The van der Waals surface area contributed by atoms with E-state index in [1.54, 1.807) is 0 Å². The van der Waals surface area contributed by atoms with Crippen LogP contribution in [0.25, 0.3) is 0 Å². The lowest BCUT2D eigenvalue weighted by Gasteiger charge is -2.22. The van der Waals surface area contributed by atoms with Gasteiger partial charge in [-0.15, -0.1) is 0 Å². The molecule has 0 unspecified atom stereocenters. The summed E-state index contributed by atoms with van der Waals surface area (Å²) in [5.41, 5.74) is -0.353. The van der Waals surface area contributed by atoms with E-state index < -0.39 is 0 Å². The molecule has 0 aromatic heterocycles. The second kappa shape index (κ2) is 4.97. The normalized spacial score (nSPS) is 16.9. The van der Waals surface area contributed by atoms with E-state index in [1.807, 2.05) is 20.8 Å². The number of esters is 1. The Labute approximate surface area is 92.8 Å². The summed E-state index contributed by atoms with van der Waals surface area (Å²) in [6.45, 7) is 9.74. The molecule has 0 aromatic carbocycles. The predicted octanol–water partition coefficient (Wildman–Crippen LogP) is 2.20. The predicted molar refractivity (Wildman–Crippen MR) is 60.7 cm³/mol. The molecule has 0 aliphatic heterocycles. The standard InChI is InChI=1S/C12H23NO2/c1-5-13(10-6-7-10)9-8-11(14)15-12(2,3)4/h10H,5-9H2,1-4H3. The maximum absolute atomic E-state index is 11.5. The molecule has 1 rings (SSSR count). The van der Waals surface area contributed by atoms with Crippen LogP contribution in [0.15, 0.2) is 0 Å². The summed E-state index contributed by atoms with van der Waals surface area (Å²) < 4.78 is 5.27. The molecule has 3 nitrogen and oxygen atoms in total. The summed E-state index contributed by atoms with van der Waals surface area (Å²) in [7, 11) is 0. The molecule has 0 bridgehead atoms. The lowest BCUT2D eigenvalue weighted by molar-refractivity contribution is -0.155. The summed E-state index contributed by atoms with van der Waals surface area (Å²) in [5.74, 6) is -0.0819.